The summed E-state index contributed by atoms with van der Waals surface area (Å²) in [4.78, 5) is 4.78. The van der Waals surface area contributed by atoms with Gasteiger partial charge in [-0.05, 0) is 118 Å². The first-order valence-corrected chi connectivity index (χ1v) is 13.6. The van der Waals surface area contributed by atoms with Gasteiger partial charge in [-0.15, -0.1) is 0 Å². The predicted molar refractivity (Wildman–Crippen MR) is 128 cm³/mol. The number of aliphatic hydroxyl groups is 2. The normalized spacial score (nSPS) is 50.6. The fraction of sp³-hybridized carbons (Fsp3) is 0.964. The van der Waals surface area contributed by atoms with Crippen LogP contribution >= 0.6 is 0 Å². The molecule has 1 heterocycles. The zero-order valence-electron chi connectivity index (χ0n) is 21.1. The van der Waals surface area contributed by atoms with E-state index in [-0.39, 0.29) is 17.7 Å². The molecule has 0 radical (unpaired) electrons. The molecule has 0 spiro atoms. The van der Waals surface area contributed by atoms with Crippen LogP contribution in [0.15, 0.2) is 4.99 Å². The summed E-state index contributed by atoms with van der Waals surface area (Å²) in [7, 11) is 0. The van der Waals surface area contributed by atoms with Crippen molar-refractivity contribution in [2.75, 3.05) is 6.61 Å². The van der Waals surface area contributed by atoms with Gasteiger partial charge in [0.05, 0.1) is 17.7 Å². The van der Waals surface area contributed by atoms with Crippen LogP contribution in [0.2, 0.25) is 0 Å². The second kappa shape index (κ2) is 7.97. The SMILES string of the molecule is C[C@@H](CCC1=NC(C)(C)CO1)[C@H]1CC[C@H]2[C@@H]3[C@H](O)C[C@H]4C[C@@H](O)CC[C@]4(C)[C@H]3CC[C@]12C. The Balaban J connectivity index is 1.30. The number of ether oxygens (including phenoxy) is 1. The van der Waals surface area contributed by atoms with Gasteiger partial charge in [-0.2, -0.15) is 0 Å². The van der Waals surface area contributed by atoms with Gasteiger partial charge in [-0.1, -0.05) is 20.8 Å². The van der Waals surface area contributed by atoms with Gasteiger partial charge in [0.25, 0.3) is 0 Å². The van der Waals surface area contributed by atoms with Gasteiger partial charge in [0.15, 0.2) is 5.90 Å². The summed E-state index contributed by atoms with van der Waals surface area (Å²) in [5, 5.41) is 21.7. The molecule has 5 rings (SSSR count). The third-order valence-corrected chi connectivity index (χ3v) is 11.2. The van der Waals surface area contributed by atoms with E-state index in [1.807, 2.05) is 0 Å². The van der Waals surface area contributed by atoms with Gasteiger partial charge in [-0.3, -0.25) is 0 Å². The number of hydrogen-bond acceptors (Lipinski definition) is 4. The highest BCUT2D eigenvalue weighted by Gasteiger charge is 2.62. The molecule has 4 fully saturated rings. The molecule has 182 valence electrons. The third-order valence-electron chi connectivity index (χ3n) is 11.2. The first-order valence-electron chi connectivity index (χ1n) is 13.6. The molecule has 1 aliphatic heterocycles. The molecule has 5 aliphatic rings. The molecule has 32 heavy (non-hydrogen) atoms. The highest BCUT2D eigenvalue weighted by atomic mass is 16.5. The van der Waals surface area contributed by atoms with E-state index in [0.717, 1.165) is 56.9 Å². The minimum Gasteiger partial charge on any atom is -0.478 e. The largest absolute Gasteiger partial charge is 0.478 e. The lowest BCUT2D eigenvalue weighted by Gasteiger charge is -2.62. The third kappa shape index (κ3) is 3.67. The lowest BCUT2D eigenvalue weighted by atomic mass is 9.43. The van der Waals surface area contributed by atoms with Crippen molar-refractivity contribution in [3.63, 3.8) is 0 Å². The van der Waals surface area contributed by atoms with Gasteiger partial charge in [0.1, 0.15) is 6.61 Å². The molecule has 0 bridgehead atoms. The smallest absolute Gasteiger partial charge is 0.183 e. The molecule has 2 N–H and O–H groups in total. The minimum atomic E-state index is -0.175. The monoisotopic (exact) mass is 445 g/mol. The molecule has 0 aromatic rings. The van der Waals surface area contributed by atoms with Crippen LogP contribution in [-0.4, -0.2) is 40.5 Å². The van der Waals surface area contributed by atoms with Gasteiger partial charge < -0.3 is 14.9 Å². The Morgan fingerprint density at radius 3 is 2.41 bits per heavy atom. The maximum atomic E-state index is 11.4. The Labute approximate surface area is 195 Å². The summed E-state index contributed by atoms with van der Waals surface area (Å²) in [5.41, 5.74) is 0.622. The molecule has 0 amide bonds. The Kier molecular flexibility index (Phi) is 5.76. The van der Waals surface area contributed by atoms with Gasteiger partial charge in [0, 0.05) is 6.42 Å². The number of aliphatic hydroxyl groups excluding tert-OH is 2. The lowest BCUT2D eigenvalue weighted by molar-refractivity contribution is -0.174. The maximum Gasteiger partial charge on any atom is 0.183 e. The second-order valence-corrected chi connectivity index (χ2v) is 13.6. The first-order chi connectivity index (χ1) is 15.0. The van der Waals surface area contributed by atoms with E-state index >= 15 is 0 Å². The number of rotatable bonds is 4. The van der Waals surface area contributed by atoms with E-state index in [4.69, 9.17) is 9.73 Å². The summed E-state index contributed by atoms with van der Waals surface area (Å²) in [5.74, 6) is 4.64. The quantitative estimate of drug-likeness (QED) is 0.592. The lowest BCUT2D eigenvalue weighted by Crippen LogP contribution is -2.58. The summed E-state index contributed by atoms with van der Waals surface area (Å²) in [6.07, 6.45) is 10.9. The Morgan fingerprint density at radius 2 is 1.69 bits per heavy atom. The number of nitrogens with zero attached hydrogens (tertiary/aromatic N) is 1. The van der Waals surface area contributed by atoms with Crippen molar-refractivity contribution in [1.82, 2.24) is 0 Å². The number of aliphatic imine (C=N–C) groups is 1. The van der Waals surface area contributed by atoms with E-state index in [2.05, 4.69) is 34.6 Å². The second-order valence-electron chi connectivity index (χ2n) is 13.6. The average molecular weight is 446 g/mol. The van der Waals surface area contributed by atoms with E-state index < -0.39 is 0 Å². The maximum absolute atomic E-state index is 11.4. The van der Waals surface area contributed by atoms with Gasteiger partial charge in [0.2, 0.25) is 0 Å². The highest BCUT2D eigenvalue weighted by molar-refractivity contribution is 5.78. The van der Waals surface area contributed by atoms with Crippen molar-refractivity contribution >= 4 is 5.90 Å². The molecule has 0 aromatic carbocycles. The van der Waals surface area contributed by atoms with Crippen molar-refractivity contribution in [3.8, 4) is 0 Å². The molecule has 10 atom stereocenters. The molecule has 4 saturated carbocycles. The van der Waals surface area contributed by atoms with Crippen LogP contribution in [0.5, 0.6) is 0 Å². The molecular weight excluding hydrogens is 398 g/mol. The van der Waals surface area contributed by atoms with Crippen LogP contribution < -0.4 is 0 Å². The summed E-state index contributed by atoms with van der Waals surface area (Å²) in [6, 6.07) is 0. The molecule has 0 saturated heterocycles. The molecule has 0 aromatic heterocycles. The molecular formula is C28H47NO3. The summed E-state index contributed by atoms with van der Waals surface area (Å²) >= 11 is 0. The number of hydrogen-bond donors (Lipinski definition) is 2. The van der Waals surface area contributed by atoms with Crippen LogP contribution in [0, 0.1) is 46.3 Å². The van der Waals surface area contributed by atoms with Crippen molar-refractivity contribution in [2.45, 2.75) is 117 Å². The Bertz CT molecular complexity index is 749. The van der Waals surface area contributed by atoms with E-state index in [1.165, 1.54) is 25.7 Å². The average Bonchev–Trinajstić information content (AvgIpc) is 3.26. The standard InChI is InChI=1S/C28H47NO3/c1-17(6-9-24-29-26(2,3)16-32-24)20-7-8-21-25-22(11-13-28(20,21)5)27(4)12-10-19(30)14-18(27)15-23(25)31/h17-23,25,30-31H,6-16H2,1-5H3/t17-,18+,19-,20+,21-,22-,23+,25-,27-,28+/m0/s1. The molecule has 4 nitrogen and oxygen atoms in total. The van der Waals surface area contributed by atoms with Crippen molar-refractivity contribution in [2.24, 2.45) is 51.3 Å². The van der Waals surface area contributed by atoms with Gasteiger partial charge >= 0.3 is 0 Å². The van der Waals surface area contributed by atoms with E-state index in [0.29, 0.717) is 40.4 Å². The van der Waals surface area contributed by atoms with Crippen LogP contribution in [0.3, 0.4) is 0 Å². The zero-order chi connectivity index (χ0) is 22.9. The van der Waals surface area contributed by atoms with Crippen molar-refractivity contribution in [1.29, 1.82) is 0 Å². The fourth-order valence-electron chi connectivity index (χ4n) is 9.52. The van der Waals surface area contributed by atoms with Crippen molar-refractivity contribution < 1.29 is 14.9 Å². The van der Waals surface area contributed by atoms with Crippen LogP contribution in [0.1, 0.15) is 98.8 Å². The van der Waals surface area contributed by atoms with Gasteiger partial charge in [-0.25, -0.2) is 4.99 Å². The van der Waals surface area contributed by atoms with Crippen LogP contribution in [0.25, 0.3) is 0 Å². The zero-order valence-corrected chi connectivity index (χ0v) is 21.1. The Morgan fingerprint density at radius 1 is 0.969 bits per heavy atom. The topological polar surface area (TPSA) is 62.0 Å². The Hall–Kier alpha value is -0.610. The highest BCUT2D eigenvalue weighted by Crippen LogP contribution is 2.68. The number of fused-ring (bicyclic) bond motifs is 5. The first kappa shape index (κ1) is 23.1. The predicted octanol–water partition coefficient (Wildman–Crippen LogP) is 5.60. The minimum absolute atomic E-state index is 0.0539. The van der Waals surface area contributed by atoms with Crippen LogP contribution in [0.4, 0.5) is 0 Å². The van der Waals surface area contributed by atoms with E-state index in [1.54, 1.807) is 0 Å². The van der Waals surface area contributed by atoms with Crippen LogP contribution in [-0.2, 0) is 4.74 Å². The summed E-state index contributed by atoms with van der Waals surface area (Å²) < 4.78 is 5.87. The fourth-order valence-corrected chi connectivity index (χ4v) is 9.52. The van der Waals surface area contributed by atoms with Crippen molar-refractivity contribution in [3.05, 3.63) is 0 Å². The molecule has 4 aliphatic carbocycles. The summed E-state index contributed by atoms with van der Waals surface area (Å²) in [6.45, 7) is 12.6. The molecule has 4 heteroatoms. The molecule has 0 unspecified atom stereocenters. The van der Waals surface area contributed by atoms with E-state index in [9.17, 15) is 10.2 Å².